The molecule has 6 heteroatoms. The molecule has 2 rings (SSSR count). The first kappa shape index (κ1) is 16.6. The Hall–Kier alpha value is -1.79. The third kappa shape index (κ3) is 3.69. The van der Waals surface area contributed by atoms with Gasteiger partial charge >= 0.3 is 0 Å². The molecule has 2 atom stereocenters. The number of amides is 1. The number of rotatable bonds is 6. The van der Waals surface area contributed by atoms with Gasteiger partial charge in [0.05, 0.1) is 24.1 Å². The van der Waals surface area contributed by atoms with Gasteiger partial charge in [-0.15, -0.1) is 0 Å². The summed E-state index contributed by atoms with van der Waals surface area (Å²) in [7, 11) is 0. The van der Waals surface area contributed by atoms with Crippen LogP contribution in [0, 0.1) is 6.92 Å². The van der Waals surface area contributed by atoms with Crippen molar-refractivity contribution in [1.82, 2.24) is 10.3 Å². The highest BCUT2D eigenvalue weighted by Gasteiger charge is 2.19. The van der Waals surface area contributed by atoms with E-state index >= 15 is 0 Å². The van der Waals surface area contributed by atoms with Gasteiger partial charge in [-0.3, -0.25) is 4.79 Å². The molecule has 118 valence electrons. The standard InChI is InChI=1S/C16H20N2O3S/c1-10-12(16(20)18-11(2)15(9-19)22-3)6-7-13(17-10)14-5-4-8-21-14/h4-8,11,15,19H,9H2,1-3H3,(H,18,20). The van der Waals surface area contributed by atoms with Crippen molar-refractivity contribution in [3.8, 4) is 11.5 Å². The predicted molar refractivity (Wildman–Crippen MR) is 88.0 cm³/mol. The fourth-order valence-electron chi connectivity index (χ4n) is 2.18. The van der Waals surface area contributed by atoms with E-state index in [-0.39, 0.29) is 23.8 Å². The van der Waals surface area contributed by atoms with Crippen LogP contribution in [0.15, 0.2) is 34.9 Å². The Morgan fingerprint density at radius 2 is 2.23 bits per heavy atom. The summed E-state index contributed by atoms with van der Waals surface area (Å²) in [6.45, 7) is 3.71. The molecule has 5 nitrogen and oxygen atoms in total. The third-order valence-corrected chi connectivity index (χ3v) is 4.67. The Morgan fingerprint density at radius 1 is 1.45 bits per heavy atom. The van der Waals surface area contributed by atoms with Crippen molar-refractivity contribution >= 4 is 17.7 Å². The molecule has 0 fully saturated rings. The lowest BCUT2D eigenvalue weighted by Crippen LogP contribution is -2.41. The molecular weight excluding hydrogens is 300 g/mol. The number of aliphatic hydroxyl groups excluding tert-OH is 1. The predicted octanol–water partition coefficient (Wildman–Crippen LogP) is 2.49. The van der Waals surface area contributed by atoms with Gasteiger partial charge in [0.15, 0.2) is 5.76 Å². The second-order valence-electron chi connectivity index (χ2n) is 5.03. The summed E-state index contributed by atoms with van der Waals surface area (Å²) < 4.78 is 5.31. The molecule has 0 radical (unpaired) electrons. The van der Waals surface area contributed by atoms with Crippen molar-refractivity contribution in [3.05, 3.63) is 41.8 Å². The summed E-state index contributed by atoms with van der Waals surface area (Å²) in [6, 6.07) is 7.01. The van der Waals surface area contributed by atoms with Crippen LogP contribution >= 0.6 is 11.8 Å². The number of carbonyl (C=O) groups is 1. The van der Waals surface area contributed by atoms with Gasteiger partial charge < -0.3 is 14.8 Å². The number of hydrogen-bond acceptors (Lipinski definition) is 5. The van der Waals surface area contributed by atoms with Gasteiger partial charge in [-0.05, 0) is 44.4 Å². The van der Waals surface area contributed by atoms with E-state index in [1.165, 1.54) is 11.8 Å². The zero-order valence-corrected chi connectivity index (χ0v) is 13.7. The molecule has 0 aliphatic carbocycles. The molecule has 2 heterocycles. The maximum Gasteiger partial charge on any atom is 0.253 e. The number of carbonyl (C=O) groups excluding carboxylic acids is 1. The highest BCUT2D eigenvalue weighted by Crippen LogP contribution is 2.19. The summed E-state index contributed by atoms with van der Waals surface area (Å²) in [5.74, 6) is 0.488. The van der Waals surface area contributed by atoms with E-state index in [1.54, 1.807) is 31.4 Å². The number of nitrogens with one attached hydrogen (secondary N) is 1. The third-order valence-electron chi connectivity index (χ3n) is 3.50. The second-order valence-corrected chi connectivity index (χ2v) is 6.10. The van der Waals surface area contributed by atoms with Gasteiger partial charge in [0.2, 0.25) is 0 Å². The molecule has 0 aliphatic heterocycles. The molecule has 0 aromatic carbocycles. The number of hydrogen-bond donors (Lipinski definition) is 2. The first-order chi connectivity index (χ1) is 10.6. The highest BCUT2D eigenvalue weighted by atomic mass is 32.2. The van der Waals surface area contributed by atoms with Crippen molar-refractivity contribution in [1.29, 1.82) is 0 Å². The van der Waals surface area contributed by atoms with E-state index in [0.29, 0.717) is 22.7 Å². The van der Waals surface area contributed by atoms with Gasteiger partial charge in [-0.25, -0.2) is 4.98 Å². The van der Waals surface area contributed by atoms with E-state index in [9.17, 15) is 9.90 Å². The largest absolute Gasteiger partial charge is 0.463 e. The van der Waals surface area contributed by atoms with E-state index in [0.717, 1.165) is 0 Å². The first-order valence-electron chi connectivity index (χ1n) is 7.02. The molecule has 1 amide bonds. The van der Waals surface area contributed by atoms with Gasteiger partial charge in [0.25, 0.3) is 5.91 Å². The highest BCUT2D eigenvalue weighted by molar-refractivity contribution is 7.99. The van der Waals surface area contributed by atoms with Crippen LogP contribution < -0.4 is 5.32 Å². The van der Waals surface area contributed by atoms with Crippen molar-refractivity contribution in [2.45, 2.75) is 25.1 Å². The molecule has 0 aliphatic rings. The van der Waals surface area contributed by atoms with Gasteiger partial charge in [0.1, 0.15) is 5.69 Å². The molecule has 22 heavy (non-hydrogen) atoms. The quantitative estimate of drug-likeness (QED) is 0.855. The molecule has 2 aromatic heterocycles. The van der Waals surface area contributed by atoms with E-state index < -0.39 is 0 Å². The Balaban J connectivity index is 2.14. The number of aromatic nitrogens is 1. The molecule has 0 saturated carbocycles. The zero-order valence-electron chi connectivity index (χ0n) is 12.9. The smallest absolute Gasteiger partial charge is 0.253 e. The Morgan fingerprint density at radius 3 is 2.77 bits per heavy atom. The normalized spacial score (nSPS) is 13.6. The lowest BCUT2D eigenvalue weighted by molar-refractivity contribution is 0.0935. The van der Waals surface area contributed by atoms with E-state index in [4.69, 9.17) is 4.42 Å². The van der Waals surface area contributed by atoms with Crippen LogP contribution in [0.25, 0.3) is 11.5 Å². The fourth-order valence-corrected chi connectivity index (χ4v) is 2.80. The Labute approximate surface area is 134 Å². The van der Waals surface area contributed by atoms with Crippen LogP contribution in [0.2, 0.25) is 0 Å². The zero-order chi connectivity index (χ0) is 16.1. The van der Waals surface area contributed by atoms with Crippen molar-refractivity contribution in [3.63, 3.8) is 0 Å². The number of pyridine rings is 1. The monoisotopic (exact) mass is 320 g/mol. The van der Waals surface area contributed by atoms with Gasteiger partial charge in [-0.2, -0.15) is 11.8 Å². The number of furan rings is 1. The van der Waals surface area contributed by atoms with Crippen LogP contribution in [0.1, 0.15) is 23.0 Å². The maximum atomic E-state index is 12.3. The number of aliphatic hydroxyl groups is 1. The summed E-state index contributed by atoms with van der Waals surface area (Å²) in [5, 5.41) is 12.2. The van der Waals surface area contributed by atoms with Gasteiger partial charge in [-0.1, -0.05) is 0 Å². The second kappa shape index (κ2) is 7.47. The minimum absolute atomic E-state index is 0.0251. The average molecular weight is 320 g/mol. The van der Waals surface area contributed by atoms with Crippen molar-refractivity contribution in [2.24, 2.45) is 0 Å². The summed E-state index contributed by atoms with van der Waals surface area (Å²) in [6.07, 6.45) is 3.50. The molecule has 0 saturated heterocycles. The van der Waals surface area contributed by atoms with E-state index in [1.807, 2.05) is 19.2 Å². The first-order valence-corrected chi connectivity index (χ1v) is 8.31. The summed E-state index contributed by atoms with van der Waals surface area (Å²) >= 11 is 1.53. The minimum Gasteiger partial charge on any atom is -0.463 e. The molecule has 2 aromatic rings. The van der Waals surface area contributed by atoms with Crippen LogP contribution in [-0.4, -0.2) is 40.2 Å². The SMILES string of the molecule is CSC(CO)C(C)NC(=O)c1ccc(-c2ccco2)nc1C. The summed E-state index contributed by atoms with van der Waals surface area (Å²) in [5.41, 5.74) is 1.87. The molecule has 0 spiro atoms. The van der Waals surface area contributed by atoms with Crippen LogP contribution in [-0.2, 0) is 0 Å². The van der Waals surface area contributed by atoms with Crippen molar-refractivity contribution in [2.75, 3.05) is 12.9 Å². The molecular formula is C16H20N2O3S. The number of aryl methyl sites for hydroxylation is 1. The van der Waals surface area contributed by atoms with Crippen LogP contribution in [0.3, 0.4) is 0 Å². The topological polar surface area (TPSA) is 75.4 Å². The lowest BCUT2D eigenvalue weighted by atomic mass is 10.1. The molecule has 2 N–H and O–H groups in total. The van der Waals surface area contributed by atoms with Crippen LogP contribution in [0.5, 0.6) is 0 Å². The van der Waals surface area contributed by atoms with Crippen LogP contribution in [0.4, 0.5) is 0 Å². The average Bonchev–Trinajstić information content (AvgIpc) is 3.02. The number of thioether (sulfide) groups is 1. The molecule has 0 bridgehead atoms. The summed E-state index contributed by atoms with van der Waals surface area (Å²) in [4.78, 5) is 16.8. The molecule has 2 unspecified atom stereocenters. The van der Waals surface area contributed by atoms with Crippen molar-refractivity contribution < 1.29 is 14.3 Å². The lowest BCUT2D eigenvalue weighted by Gasteiger charge is -2.21. The van der Waals surface area contributed by atoms with E-state index in [2.05, 4.69) is 10.3 Å². The fraction of sp³-hybridized carbons (Fsp3) is 0.375. The Kier molecular flexibility index (Phi) is 5.63. The number of nitrogens with zero attached hydrogens (tertiary/aromatic N) is 1. The van der Waals surface area contributed by atoms with Gasteiger partial charge in [0, 0.05) is 11.3 Å². The Bertz CT molecular complexity index is 624. The minimum atomic E-state index is -0.184. The maximum absolute atomic E-state index is 12.3.